The molecule has 1 spiro atoms. The molecule has 4 rings (SSSR count). The Labute approximate surface area is 297 Å². The predicted molar refractivity (Wildman–Crippen MR) is 209 cm³/mol. The van der Waals surface area contributed by atoms with E-state index < -0.39 is 0 Å². The first-order valence-electron chi connectivity index (χ1n) is 20.6. The maximum Gasteiger partial charge on any atom is 0.0483 e. The van der Waals surface area contributed by atoms with Gasteiger partial charge < -0.3 is 29.3 Å². The maximum atomic E-state index is 5.59. The Hall–Kier alpha value is -0.240. The highest BCUT2D eigenvalue weighted by atomic mass is 16.5. The largest absolute Gasteiger partial charge is 0.381 e. The van der Waals surface area contributed by atoms with Crippen molar-refractivity contribution >= 4 is 0 Å². The summed E-state index contributed by atoms with van der Waals surface area (Å²) in [6, 6.07) is 0. The summed E-state index contributed by atoms with van der Waals surface area (Å²) in [6.45, 7) is 26.2. The average molecular weight is 672 g/mol. The molecular formula is C41H89N3O3. The Bertz CT molecular complexity index is 615. The molecule has 1 atom stereocenters. The van der Waals surface area contributed by atoms with Gasteiger partial charge in [0.25, 0.3) is 0 Å². The standard InChI is InChI=1S/C13H27NO.C11H21NO.C11H23NO.3C2H6/c1-3-4-6-13(8-10-14-2)7-5-11-15-12-9-13;1-12-7-2-3-11(4-8-12)5-9-13-10-6-11;1-4-5-6-11(12(2)3)7-9-13-10-8-11;3*1-2/h14H,3-12H2,1-2H3;2-10H2,1H3;4-10H2,1-3H3;3*1-2H3. The van der Waals surface area contributed by atoms with E-state index in [0.29, 0.717) is 16.4 Å². The molecule has 4 heterocycles. The van der Waals surface area contributed by atoms with Gasteiger partial charge in [-0.2, -0.15) is 0 Å². The highest BCUT2D eigenvalue weighted by molar-refractivity contribution is 4.89. The summed E-state index contributed by atoms with van der Waals surface area (Å²) in [4.78, 5) is 4.88. The summed E-state index contributed by atoms with van der Waals surface area (Å²) in [7, 11) is 8.72. The molecule has 1 unspecified atom stereocenters. The van der Waals surface area contributed by atoms with Gasteiger partial charge in [0.15, 0.2) is 0 Å². The number of ether oxygens (including phenoxy) is 3. The van der Waals surface area contributed by atoms with Crippen LogP contribution in [-0.2, 0) is 14.2 Å². The van der Waals surface area contributed by atoms with E-state index >= 15 is 0 Å². The second-order valence-electron chi connectivity index (χ2n) is 14.0. The molecule has 0 saturated carbocycles. The molecule has 0 radical (unpaired) electrons. The Kier molecular flexibility index (Phi) is 33.0. The van der Waals surface area contributed by atoms with Crippen LogP contribution in [0, 0.1) is 10.8 Å². The summed E-state index contributed by atoms with van der Waals surface area (Å²) in [5.41, 5.74) is 1.67. The van der Waals surface area contributed by atoms with Crippen molar-refractivity contribution in [3.05, 3.63) is 0 Å². The van der Waals surface area contributed by atoms with Gasteiger partial charge in [-0.25, -0.2) is 0 Å². The van der Waals surface area contributed by atoms with Gasteiger partial charge in [-0.3, -0.25) is 0 Å². The highest BCUT2D eigenvalue weighted by Gasteiger charge is 2.34. The molecule has 47 heavy (non-hydrogen) atoms. The van der Waals surface area contributed by atoms with Crippen LogP contribution < -0.4 is 5.32 Å². The lowest BCUT2D eigenvalue weighted by Gasteiger charge is -2.43. The smallest absolute Gasteiger partial charge is 0.0483 e. The fraction of sp³-hybridized carbons (Fsp3) is 1.00. The zero-order valence-electron chi connectivity index (χ0n) is 34.5. The molecule has 0 amide bonds. The van der Waals surface area contributed by atoms with Gasteiger partial charge in [0.2, 0.25) is 0 Å². The van der Waals surface area contributed by atoms with Crippen molar-refractivity contribution in [2.75, 3.05) is 87.5 Å². The molecule has 1 N–H and O–H groups in total. The molecule has 0 aromatic heterocycles. The van der Waals surface area contributed by atoms with Crippen LogP contribution in [0.2, 0.25) is 0 Å². The first-order chi connectivity index (χ1) is 22.8. The van der Waals surface area contributed by atoms with Gasteiger partial charge in [0, 0.05) is 45.2 Å². The van der Waals surface area contributed by atoms with Gasteiger partial charge in [-0.05, 0) is 142 Å². The summed E-state index contributed by atoms with van der Waals surface area (Å²) in [6.07, 6.45) is 22.5. The topological polar surface area (TPSA) is 46.2 Å². The molecule has 0 aromatic carbocycles. The van der Waals surface area contributed by atoms with Crippen LogP contribution in [-0.4, -0.2) is 103 Å². The second-order valence-corrected chi connectivity index (χ2v) is 14.0. The number of nitrogens with zero attached hydrogens (tertiary/aromatic N) is 2. The lowest BCUT2D eigenvalue weighted by atomic mass is 9.74. The van der Waals surface area contributed by atoms with Crippen LogP contribution in [0.5, 0.6) is 0 Å². The van der Waals surface area contributed by atoms with Gasteiger partial charge in [-0.1, -0.05) is 81.1 Å². The van der Waals surface area contributed by atoms with E-state index in [1.54, 1.807) is 0 Å². The number of unbranched alkanes of at least 4 members (excludes halogenated alkanes) is 2. The van der Waals surface area contributed by atoms with Crippen molar-refractivity contribution in [1.29, 1.82) is 0 Å². The zero-order valence-corrected chi connectivity index (χ0v) is 34.5. The minimum Gasteiger partial charge on any atom is -0.381 e. The van der Waals surface area contributed by atoms with Crippen LogP contribution in [0.4, 0.5) is 0 Å². The van der Waals surface area contributed by atoms with Crippen LogP contribution >= 0.6 is 0 Å². The van der Waals surface area contributed by atoms with E-state index in [1.165, 1.54) is 122 Å². The molecule has 6 nitrogen and oxygen atoms in total. The summed E-state index contributed by atoms with van der Waals surface area (Å²) < 4.78 is 16.5. The van der Waals surface area contributed by atoms with E-state index in [2.05, 4.69) is 57.2 Å². The molecule has 0 bridgehead atoms. The van der Waals surface area contributed by atoms with Crippen LogP contribution in [0.1, 0.15) is 165 Å². The van der Waals surface area contributed by atoms with Crippen molar-refractivity contribution in [3.63, 3.8) is 0 Å². The lowest BCUT2D eigenvalue weighted by molar-refractivity contribution is -0.0130. The van der Waals surface area contributed by atoms with Crippen molar-refractivity contribution in [1.82, 2.24) is 15.1 Å². The number of nitrogens with one attached hydrogen (secondary N) is 1. The molecule has 4 aliphatic rings. The van der Waals surface area contributed by atoms with Crippen molar-refractivity contribution in [2.45, 2.75) is 170 Å². The molecule has 4 fully saturated rings. The zero-order chi connectivity index (χ0) is 35.9. The van der Waals surface area contributed by atoms with E-state index in [1.807, 2.05) is 41.5 Å². The summed E-state index contributed by atoms with van der Waals surface area (Å²) in [5.74, 6) is 0. The lowest BCUT2D eigenvalue weighted by Crippen LogP contribution is -2.48. The minimum absolute atomic E-state index is 0.439. The second kappa shape index (κ2) is 31.7. The Balaban J connectivity index is 0. The normalized spacial score (nSPS) is 23.7. The summed E-state index contributed by atoms with van der Waals surface area (Å²) >= 11 is 0. The van der Waals surface area contributed by atoms with Crippen LogP contribution in [0.3, 0.4) is 0 Å². The quantitative estimate of drug-likeness (QED) is 0.249. The van der Waals surface area contributed by atoms with E-state index in [9.17, 15) is 0 Å². The fourth-order valence-electron chi connectivity index (χ4n) is 7.50. The summed E-state index contributed by atoms with van der Waals surface area (Å²) in [5, 5.41) is 3.30. The van der Waals surface area contributed by atoms with E-state index in [0.717, 1.165) is 46.2 Å². The monoisotopic (exact) mass is 672 g/mol. The van der Waals surface area contributed by atoms with Gasteiger partial charge in [-0.15, -0.1) is 0 Å². The Morgan fingerprint density at radius 3 is 1.68 bits per heavy atom. The molecule has 4 saturated heterocycles. The Morgan fingerprint density at radius 2 is 1.13 bits per heavy atom. The highest BCUT2D eigenvalue weighted by Crippen LogP contribution is 2.40. The Morgan fingerprint density at radius 1 is 0.596 bits per heavy atom. The average Bonchev–Trinajstić information content (AvgIpc) is 3.47. The van der Waals surface area contributed by atoms with Gasteiger partial charge in [0.05, 0.1) is 0 Å². The SMILES string of the molecule is CC.CC.CC.CCCCC1(CCNC)CCCOCC1.CCCCC1(N(C)C)CCOCC1.CN1CCCC2(CCOCC2)CC1. The molecule has 0 aliphatic carbocycles. The van der Waals surface area contributed by atoms with Gasteiger partial charge in [0.1, 0.15) is 0 Å². The maximum absolute atomic E-state index is 5.59. The van der Waals surface area contributed by atoms with Crippen molar-refractivity contribution in [3.8, 4) is 0 Å². The van der Waals surface area contributed by atoms with E-state index in [4.69, 9.17) is 14.2 Å². The molecular weight excluding hydrogens is 582 g/mol. The number of rotatable bonds is 10. The first-order valence-corrected chi connectivity index (χ1v) is 20.6. The first kappa shape index (κ1) is 48.9. The molecule has 286 valence electrons. The van der Waals surface area contributed by atoms with Gasteiger partial charge >= 0.3 is 0 Å². The fourth-order valence-corrected chi connectivity index (χ4v) is 7.50. The van der Waals surface area contributed by atoms with E-state index in [-0.39, 0.29) is 0 Å². The number of hydrogen-bond donors (Lipinski definition) is 1. The molecule has 0 aromatic rings. The van der Waals surface area contributed by atoms with Crippen molar-refractivity contribution in [2.24, 2.45) is 10.8 Å². The van der Waals surface area contributed by atoms with Crippen LogP contribution in [0.25, 0.3) is 0 Å². The third-order valence-electron chi connectivity index (χ3n) is 10.9. The third kappa shape index (κ3) is 20.9. The molecule has 4 aliphatic heterocycles. The number of hydrogen-bond acceptors (Lipinski definition) is 6. The molecule has 6 heteroatoms. The van der Waals surface area contributed by atoms with Crippen LogP contribution in [0.15, 0.2) is 0 Å². The third-order valence-corrected chi connectivity index (χ3v) is 10.9. The number of likely N-dealkylation sites (tertiary alicyclic amines) is 1. The predicted octanol–water partition coefficient (Wildman–Crippen LogP) is 10.2. The minimum atomic E-state index is 0.439. The van der Waals surface area contributed by atoms with Crippen molar-refractivity contribution < 1.29 is 14.2 Å².